The lowest BCUT2D eigenvalue weighted by molar-refractivity contribution is -0.135. The van der Waals surface area contributed by atoms with E-state index in [1.165, 1.54) is 0 Å². The Balaban J connectivity index is 2.36. The third kappa shape index (κ3) is 2.55. The van der Waals surface area contributed by atoms with Crippen LogP contribution in [-0.4, -0.2) is 38.4 Å². The molecule has 0 spiro atoms. The fourth-order valence-electron chi connectivity index (χ4n) is 1.26. The van der Waals surface area contributed by atoms with Crippen molar-refractivity contribution >= 4 is 15.9 Å². The fraction of sp³-hybridized carbons (Fsp3) is 0.625. The Bertz CT molecular complexity index is 330. The normalized spacial score (nSPS) is 17.6. The van der Waals surface area contributed by atoms with Crippen LogP contribution < -0.4 is 4.72 Å². The highest BCUT2D eigenvalue weighted by atomic mass is 32.2. The average Bonchev–Trinajstić information content (AvgIpc) is 2.09. The molecule has 1 rings (SSSR count). The van der Waals surface area contributed by atoms with Gasteiger partial charge in [-0.1, -0.05) is 13.5 Å². The highest BCUT2D eigenvalue weighted by molar-refractivity contribution is 7.92. The molecule has 1 N–H and O–H groups in total. The Labute approximate surface area is 83.8 Å². The molecular weight excluding hydrogens is 204 g/mol. The molecule has 1 saturated heterocycles. The number of likely N-dealkylation sites (tertiary alicyclic amines) is 1. The van der Waals surface area contributed by atoms with Crippen LogP contribution in [0.4, 0.5) is 0 Å². The van der Waals surface area contributed by atoms with Crippen LogP contribution in [0.15, 0.2) is 12.0 Å². The maximum atomic E-state index is 11.1. The number of carbonyl (C=O) groups is 1. The molecule has 0 aromatic carbocycles. The van der Waals surface area contributed by atoms with Gasteiger partial charge in [-0.05, 0) is 0 Å². The van der Waals surface area contributed by atoms with Gasteiger partial charge < -0.3 is 4.90 Å². The topological polar surface area (TPSA) is 66.5 Å². The van der Waals surface area contributed by atoms with Gasteiger partial charge in [-0.2, -0.15) is 0 Å². The quantitative estimate of drug-likeness (QED) is 0.702. The second-order valence-electron chi connectivity index (χ2n) is 3.18. The Hall–Kier alpha value is -0.880. The zero-order valence-electron chi connectivity index (χ0n) is 8.06. The summed E-state index contributed by atoms with van der Waals surface area (Å²) in [5.74, 6) is 0.0547. The Morgan fingerprint density at radius 1 is 1.64 bits per heavy atom. The van der Waals surface area contributed by atoms with Gasteiger partial charge in [0.15, 0.2) is 0 Å². The number of nitrogens with one attached hydrogen (secondary N) is 1. The average molecular weight is 218 g/mol. The summed E-state index contributed by atoms with van der Waals surface area (Å²) in [6, 6.07) is -0.159. The predicted molar refractivity (Wildman–Crippen MR) is 52.9 cm³/mol. The number of hydrogen-bond acceptors (Lipinski definition) is 3. The van der Waals surface area contributed by atoms with Crippen LogP contribution in [-0.2, 0) is 14.8 Å². The van der Waals surface area contributed by atoms with E-state index in [4.69, 9.17) is 0 Å². The van der Waals surface area contributed by atoms with Crippen LogP contribution in [0.1, 0.15) is 13.3 Å². The van der Waals surface area contributed by atoms with Gasteiger partial charge in [0, 0.05) is 24.9 Å². The van der Waals surface area contributed by atoms with Crippen LogP contribution in [0.5, 0.6) is 0 Å². The predicted octanol–water partition coefficient (Wildman–Crippen LogP) is -0.330. The SMILES string of the molecule is C=CS(=O)(=O)NC1CN(C(=O)CC)C1. The molecule has 1 aliphatic heterocycles. The van der Waals surface area contributed by atoms with Gasteiger partial charge in [0.25, 0.3) is 0 Å². The number of amides is 1. The highest BCUT2D eigenvalue weighted by Crippen LogP contribution is 2.10. The molecule has 80 valence electrons. The Morgan fingerprint density at radius 2 is 2.21 bits per heavy atom. The van der Waals surface area contributed by atoms with Crippen molar-refractivity contribution in [1.29, 1.82) is 0 Å². The number of sulfonamides is 1. The first-order valence-electron chi connectivity index (χ1n) is 4.41. The first-order chi connectivity index (χ1) is 6.48. The lowest BCUT2D eigenvalue weighted by Crippen LogP contribution is -2.60. The molecule has 0 bridgehead atoms. The molecule has 1 fully saturated rings. The third-order valence-corrected chi connectivity index (χ3v) is 3.19. The number of rotatable bonds is 4. The number of carbonyl (C=O) groups excluding carboxylic acids is 1. The monoisotopic (exact) mass is 218 g/mol. The molecule has 1 aliphatic rings. The lowest BCUT2D eigenvalue weighted by atomic mass is 10.1. The highest BCUT2D eigenvalue weighted by Gasteiger charge is 2.31. The maximum absolute atomic E-state index is 11.1. The summed E-state index contributed by atoms with van der Waals surface area (Å²) in [7, 11) is -3.36. The summed E-state index contributed by atoms with van der Waals surface area (Å²) >= 11 is 0. The van der Waals surface area contributed by atoms with Crippen LogP contribution in [0.3, 0.4) is 0 Å². The van der Waals surface area contributed by atoms with Gasteiger partial charge >= 0.3 is 0 Å². The molecule has 6 heteroatoms. The third-order valence-electron chi connectivity index (χ3n) is 2.09. The van der Waals surface area contributed by atoms with Crippen molar-refractivity contribution in [3.05, 3.63) is 12.0 Å². The van der Waals surface area contributed by atoms with Gasteiger partial charge in [0.2, 0.25) is 15.9 Å². The smallest absolute Gasteiger partial charge is 0.233 e. The second kappa shape index (κ2) is 4.10. The van der Waals surface area contributed by atoms with Crippen molar-refractivity contribution in [1.82, 2.24) is 9.62 Å². The zero-order chi connectivity index (χ0) is 10.8. The molecule has 0 aromatic heterocycles. The van der Waals surface area contributed by atoms with E-state index in [0.29, 0.717) is 19.5 Å². The van der Waals surface area contributed by atoms with Crippen LogP contribution >= 0.6 is 0 Å². The first kappa shape index (κ1) is 11.2. The summed E-state index contributed by atoms with van der Waals surface area (Å²) in [5, 5.41) is 0.872. The van der Waals surface area contributed by atoms with Crippen LogP contribution in [0, 0.1) is 0 Å². The number of nitrogens with zero attached hydrogens (tertiary/aromatic N) is 1. The molecule has 0 saturated carbocycles. The van der Waals surface area contributed by atoms with E-state index in [9.17, 15) is 13.2 Å². The molecule has 5 nitrogen and oxygen atoms in total. The summed E-state index contributed by atoms with van der Waals surface area (Å²) in [6.07, 6.45) is 0.459. The first-order valence-corrected chi connectivity index (χ1v) is 5.95. The van der Waals surface area contributed by atoms with Gasteiger partial charge in [0.1, 0.15) is 0 Å². The van der Waals surface area contributed by atoms with E-state index in [-0.39, 0.29) is 11.9 Å². The largest absolute Gasteiger partial charge is 0.339 e. The molecule has 14 heavy (non-hydrogen) atoms. The molecule has 0 unspecified atom stereocenters. The molecule has 0 aromatic rings. The van der Waals surface area contributed by atoms with E-state index in [0.717, 1.165) is 5.41 Å². The van der Waals surface area contributed by atoms with E-state index in [1.54, 1.807) is 11.8 Å². The molecule has 0 atom stereocenters. The Morgan fingerprint density at radius 3 is 2.64 bits per heavy atom. The Kier molecular flexibility index (Phi) is 3.28. The minimum atomic E-state index is -3.36. The standard InChI is InChI=1S/C8H14N2O3S/c1-3-8(11)10-5-7(6-10)9-14(12,13)4-2/h4,7,9H,2-3,5-6H2,1H3. The molecular formula is C8H14N2O3S. The van der Waals surface area contributed by atoms with Crippen LogP contribution in [0.25, 0.3) is 0 Å². The summed E-state index contributed by atoms with van der Waals surface area (Å²) in [4.78, 5) is 12.7. The van der Waals surface area contributed by atoms with Crippen molar-refractivity contribution in [2.75, 3.05) is 13.1 Å². The maximum Gasteiger partial charge on any atom is 0.233 e. The van der Waals surface area contributed by atoms with E-state index < -0.39 is 10.0 Å². The zero-order valence-corrected chi connectivity index (χ0v) is 8.88. The van der Waals surface area contributed by atoms with Crippen molar-refractivity contribution in [2.45, 2.75) is 19.4 Å². The van der Waals surface area contributed by atoms with Gasteiger partial charge in [-0.15, -0.1) is 0 Å². The van der Waals surface area contributed by atoms with E-state index in [2.05, 4.69) is 11.3 Å². The van der Waals surface area contributed by atoms with E-state index in [1.807, 2.05) is 0 Å². The fourth-order valence-corrected chi connectivity index (χ4v) is 1.97. The molecule has 1 heterocycles. The van der Waals surface area contributed by atoms with Crippen molar-refractivity contribution < 1.29 is 13.2 Å². The van der Waals surface area contributed by atoms with Crippen molar-refractivity contribution in [2.24, 2.45) is 0 Å². The van der Waals surface area contributed by atoms with Gasteiger partial charge in [0.05, 0.1) is 6.04 Å². The van der Waals surface area contributed by atoms with Crippen molar-refractivity contribution in [3.8, 4) is 0 Å². The lowest BCUT2D eigenvalue weighted by Gasteiger charge is -2.38. The van der Waals surface area contributed by atoms with Gasteiger partial charge in [-0.3, -0.25) is 4.79 Å². The second-order valence-corrected chi connectivity index (χ2v) is 4.84. The van der Waals surface area contributed by atoms with Crippen molar-refractivity contribution in [3.63, 3.8) is 0 Å². The summed E-state index contributed by atoms with van der Waals surface area (Å²) < 4.78 is 24.4. The van der Waals surface area contributed by atoms with Gasteiger partial charge in [-0.25, -0.2) is 13.1 Å². The summed E-state index contributed by atoms with van der Waals surface area (Å²) in [5.41, 5.74) is 0. The number of hydrogen-bond donors (Lipinski definition) is 1. The molecule has 0 radical (unpaired) electrons. The van der Waals surface area contributed by atoms with Crippen LogP contribution in [0.2, 0.25) is 0 Å². The molecule has 0 aliphatic carbocycles. The van der Waals surface area contributed by atoms with E-state index >= 15 is 0 Å². The molecule has 1 amide bonds. The summed E-state index contributed by atoms with van der Waals surface area (Å²) in [6.45, 7) is 5.88. The minimum Gasteiger partial charge on any atom is -0.339 e. The minimum absolute atomic E-state index is 0.0547.